The molecule has 0 aliphatic carbocycles. The molecule has 100 valence electrons. The van der Waals surface area contributed by atoms with Crippen LogP contribution in [0.15, 0.2) is 18.2 Å². The van der Waals surface area contributed by atoms with Crippen LogP contribution >= 0.6 is 0 Å². The molecular weight excluding hydrogens is 252 g/mol. The lowest BCUT2D eigenvalue weighted by atomic mass is 10.2. The smallest absolute Gasteiger partial charge is 0.293 e. The number of amides is 1. The standard InChI is InChI=1S/C11H12N4O4/c1-13-11(17)10(16)6-14-8-3-2-7(5-12)4-9(8)15(18)19/h2-4,10,14,16H,6H2,1H3,(H,13,17)/t10-/m0/s1. The van der Waals surface area contributed by atoms with Gasteiger partial charge in [-0.05, 0) is 12.1 Å². The van der Waals surface area contributed by atoms with Gasteiger partial charge in [0.1, 0.15) is 11.8 Å². The highest BCUT2D eigenvalue weighted by atomic mass is 16.6. The first-order valence-corrected chi connectivity index (χ1v) is 5.31. The van der Waals surface area contributed by atoms with E-state index < -0.39 is 16.9 Å². The van der Waals surface area contributed by atoms with Gasteiger partial charge >= 0.3 is 0 Å². The summed E-state index contributed by atoms with van der Waals surface area (Å²) in [5, 5.41) is 33.8. The third kappa shape index (κ3) is 3.65. The predicted molar refractivity (Wildman–Crippen MR) is 66.4 cm³/mol. The lowest BCUT2D eigenvalue weighted by molar-refractivity contribution is -0.384. The summed E-state index contributed by atoms with van der Waals surface area (Å²) in [6.07, 6.45) is -1.32. The highest BCUT2D eigenvalue weighted by Gasteiger charge is 2.17. The van der Waals surface area contributed by atoms with Gasteiger partial charge in [0.2, 0.25) is 5.91 Å². The maximum Gasteiger partial charge on any atom is 0.293 e. The molecule has 0 fully saturated rings. The number of nitriles is 1. The average Bonchev–Trinajstić information content (AvgIpc) is 2.43. The predicted octanol–water partition coefficient (Wildman–Crippen LogP) is -0.0147. The summed E-state index contributed by atoms with van der Waals surface area (Å²) >= 11 is 0. The first-order valence-electron chi connectivity index (χ1n) is 5.31. The molecule has 0 saturated heterocycles. The number of benzene rings is 1. The minimum absolute atomic E-state index is 0.131. The molecule has 0 radical (unpaired) electrons. The molecule has 3 N–H and O–H groups in total. The van der Waals surface area contributed by atoms with Crippen molar-refractivity contribution in [1.29, 1.82) is 5.26 Å². The number of aliphatic hydroxyl groups excluding tert-OH is 1. The second-order valence-corrected chi connectivity index (χ2v) is 3.61. The van der Waals surface area contributed by atoms with Crippen LogP contribution in [-0.4, -0.2) is 35.6 Å². The number of likely N-dealkylation sites (N-methyl/N-ethyl adjacent to an activating group) is 1. The van der Waals surface area contributed by atoms with Crippen molar-refractivity contribution in [3.63, 3.8) is 0 Å². The first-order chi connectivity index (χ1) is 8.99. The maximum absolute atomic E-state index is 11.1. The number of anilines is 1. The summed E-state index contributed by atoms with van der Waals surface area (Å²) < 4.78 is 0. The lowest BCUT2D eigenvalue weighted by Crippen LogP contribution is -2.36. The van der Waals surface area contributed by atoms with Crippen LogP contribution in [0.5, 0.6) is 0 Å². The fourth-order valence-corrected chi connectivity index (χ4v) is 1.37. The van der Waals surface area contributed by atoms with Crippen LogP contribution in [-0.2, 0) is 4.79 Å². The van der Waals surface area contributed by atoms with E-state index in [0.717, 1.165) is 6.07 Å². The van der Waals surface area contributed by atoms with Gasteiger partial charge in [-0.1, -0.05) is 0 Å². The Morgan fingerprint density at radius 3 is 2.84 bits per heavy atom. The van der Waals surface area contributed by atoms with Crippen LogP contribution in [0.4, 0.5) is 11.4 Å². The maximum atomic E-state index is 11.1. The molecule has 1 rings (SSSR count). The molecule has 19 heavy (non-hydrogen) atoms. The Labute approximate surface area is 108 Å². The van der Waals surface area contributed by atoms with Crippen molar-refractivity contribution >= 4 is 17.3 Å². The molecule has 1 aromatic carbocycles. The average molecular weight is 264 g/mol. The van der Waals surface area contributed by atoms with Crippen molar-refractivity contribution in [1.82, 2.24) is 5.32 Å². The Kier molecular flexibility index (Phi) is 4.79. The zero-order valence-electron chi connectivity index (χ0n) is 10.1. The molecule has 0 aliphatic rings. The normalized spacial score (nSPS) is 11.2. The topological polar surface area (TPSA) is 128 Å². The number of carbonyl (C=O) groups excluding carboxylic acids is 1. The number of nitrogens with one attached hydrogen (secondary N) is 2. The number of nitro groups is 1. The second kappa shape index (κ2) is 6.32. The van der Waals surface area contributed by atoms with Crippen molar-refractivity contribution in [3.8, 4) is 6.07 Å². The van der Waals surface area contributed by atoms with Crippen LogP contribution in [0.25, 0.3) is 0 Å². The van der Waals surface area contributed by atoms with E-state index in [1.54, 1.807) is 6.07 Å². The minimum Gasteiger partial charge on any atom is -0.381 e. The molecule has 1 aromatic rings. The van der Waals surface area contributed by atoms with E-state index in [9.17, 15) is 20.0 Å². The van der Waals surface area contributed by atoms with Crippen molar-refractivity contribution in [2.45, 2.75) is 6.10 Å². The Hall–Kier alpha value is -2.66. The molecule has 0 heterocycles. The van der Waals surface area contributed by atoms with E-state index in [-0.39, 0.29) is 23.5 Å². The van der Waals surface area contributed by atoms with Crippen LogP contribution in [0.1, 0.15) is 5.56 Å². The van der Waals surface area contributed by atoms with E-state index in [4.69, 9.17) is 5.26 Å². The largest absolute Gasteiger partial charge is 0.381 e. The zero-order chi connectivity index (χ0) is 14.4. The summed E-state index contributed by atoms with van der Waals surface area (Å²) in [5.74, 6) is -0.594. The molecule has 0 saturated carbocycles. The van der Waals surface area contributed by atoms with Gasteiger partial charge in [0, 0.05) is 13.1 Å². The summed E-state index contributed by atoms with van der Waals surface area (Å²) in [4.78, 5) is 21.3. The Morgan fingerprint density at radius 2 is 2.32 bits per heavy atom. The van der Waals surface area contributed by atoms with Crippen LogP contribution in [0, 0.1) is 21.4 Å². The van der Waals surface area contributed by atoms with Crippen molar-refractivity contribution < 1.29 is 14.8 Å². The Balaban J connectivity index is 2.87. The van der Waals surface area contributed by atoms with E-state index in [0.29, 0.717) is 0 Å². The molecule has 0 spiro atoms. The van der Waals surface area contributed by atoms with Crippen LogP contribution < -0.4 is 10.6 Å². The number of carbonyl (C=O) groups is 1. The number of nitrogens with zero attached hydrogens (tertiary/aromatic N) is 2. The molecular formula is C11H12N4O4. The molecule has 0 aliphatic heterocycles. The van der Waals surface area contributed by atoms with Crippen LogP contribution in [0.3, 0.4) is 0 Å². The number of nitro benzene ring substituents is 1. The number of hydrogen-bond donors (Lipinski definition) is 3. The Morgan fingerprint density at radius 1 is 1.63 bits per heavy atom. The SMILES string of the molecule is CNC(=O)[C@@H](O)CNc1ccc(C#N)cc1[N+](=O)[O-]. The fraction of sp³-hybridized carbons (Fsp3) is 0.273. The fourth-order valence-electron chi connectivity index (χ4n) is 1.37. The highest BCUT2D eigenvalue weighted by Crippen LogP contribution is 2.25. The van der Waals surface area contributed by atoms with Gasteiger partial charge in [0.05, 0.1) is 23.1 Å². The quantitative estimate of drug-likeness (QED) is 0.506. The third-order valence-corrected chi connectivity index (χ3v) is 2.36. The number of aliphatic hydroxyl groups is 1. The van der Waals surface area contributed by atoms with Gasteiger partial charge in [0.25, 0.3) is 5.69 Å². The highest BCUT2D eigenvalue weighted by molar-refractivity contribution is 5.81. The van der Waals surface area contributed by atoms with Gasteiger partial charge in [-0.15, -0.1) is 0 Å². The number of rotatable bonds is 5. The van der Waals surface area contributed by atoms with Crippen LogP contribution in [0.2, 0.25) is 0 Å². The molecule has 8 heteroatoms. The van der Waals surface area contributed by atoms with Crippen molar-refractivity contribution in [2.75, 3.05) is 18.9 Å². The van der Waals surface area contributed by atoms with Gasteiger partial charge < -0.3 is 15.7 Å². The van der Waals surface area contributed by atoms with E-state index in [1.165, 1.54) is 19.2 Å². The summed E-state index contributed by atoms with van der Waals surface area (Å²) in [6, 6.07) is 5.67. The molecule has 0 bridgehead atoms. The second-order valence-electron chi connectivity index (χ2n) is 3.61. The van der Waals surface area contributed by atoms with Gasteiger partial charge in [-0.2, -0.15) is 5.26 Å². The van der Waals surface area contributed by atoms with Gasteiger partial charge in [-0.3, -0.25) is 14.9 Å². The van der Waals surface area contributed by atoms with E-state index >= 15 is 0 Å². The summed E-state index contributed by atoms with van der Waals surface area (Å²) in [5.41, 5.74) is -0.000732. The monoisotopic (exact) mass is 264 g/mol. The number of hydrogen-bond acceptors (Lipinski definition) is 6. The van der Waals surface area contributed by atoms with Gasteiger partial charge in [-0.25, -0.2) is 0 Å². The summed E-state index contributed by atoms with van der Waals surface area (Å²) in [6.45, 7) is -0.174. The first kappa shape index (κ1) is 14.4. The van der Waals surface area contributed by atoms with Crippen molar-refractivity contribution in [3.05, 3.63) is 33.9 Å². The molecule has 0 aromatic heterocycles. The minimum atomic E-state index is -1.32. The zero-order valence-corrected chi connectivity index (χ0v) is 10.1. The van der Waals surface area contributed by atoms with E-state index in [1.807, 2.05) is 0 Å². The molecule has 1 amide bonds. The molecule has 8 nitrogen and oxygen atoms in total. The third-order valence-electron chi connectivity index (χ3n) is 2.36. The molecule has 0 unspecified atom stereocenters. The summed E-state index contributed by atoms with van der Waals surface area (Å²) in [7, 11) is 1.37. The van der Waals surface area contributed by atoms with Gasteiger partial charge in [0.15, 0.2) is 0 Å². The Bertz CT molecular complexity index is 538. The van der Waals surface area contributed by atoms with E-state index in [2.05, 4.69) is 10.6 Å². The van der Waals surface area contributed by atoms with Crippen molar-refractivity contribution in [2.24, 2.45) is 0 Å². The molecule has 1 atom stereocenters. The lowest BCUT2D eigenvalue weighted by Gasteiger charge is -2.11.